The van der Waals surface area contributed by atoms with Gasteiger partial charge in [-0.15, -0.1) is 0 Å². The minimum absolute atomic E-state index is 0.101. The highest BCUT2D eigenvalue weighted by Crippen LogP contribution is 2.26. The first-order chi connectivity index (χ1) is 9.72. The number of hydrogen-bond donors (Lipinski definition) is 0. The molecule has 0 N–H and O–H groups in total. The van der Waals surface area contributed by atoms with Crippen molar-refractivity contribution in [2.45, 2.75) is 13.0 Å². The van der Waals surface area contributed by atoms with Gasteiger partial charge >= 0.3 is 0 Å². The van der Waals surface area contributed by atoms with E-state index in [9.17, 15) is 0 Å². The van der Waals surface area contributed by atoms with Crippen LogP contribution in [0.25, 0.3) is 0 Å². The third kappa shape index (κ3) is 3.02. The predicted molar refractivity (Wildman–Crippen MR) is 84.0 cm³/mol. The van der Waals surface area contributed by atoms with Crippen molar-refractivity contribution in [1.82, 2.24) is 4.98 Å². The van der Waals surface area contributed by atoms with E-state index in [0.29, 0.717) is 0 Å². The Morgan fingerprint density at radius 1 is 1.25 bits per heavy atom. The van der Waals surface area contributed by atoms with Gasteiger partial charge in [0.25, 0.3) is 0 Å². The Morgan fingerprint density at radius 2 is 2.10 bits per heavy atom. The van der Waals surface area contributed by atoms with E-state index in [0.717, 1.165) is 35.7 Å². The van der Waals surface area contributed by atoms with Gasteiger partial charge in [0, 0.05) is 23.3 Å². The Morgan fingerprint density at radius 3 is 2.90 bits per heavy atom. The quantitative estimate of drug-likeness (QED) is 0.837. The normalized spacial score (nSPS) is 19.1. The molecule has 1 aromatic heterocycles. The number of morpholine rings is 1. The Bertz CT molecular complexity index is 551. The standard InChI is InChI=1S/C16H17BrN2O/c1-12-4-2-7-16(18-12)19-8-9-20-15(11-19)13-5-3-6-14(17)10-13/h2-7,10,15H,8-9,11H2,1H3. The third-order valence-corrected chi connectivity index (χ3v) is 3.98. The SMILES string of the molecule is Cc1cccc(N2CCOC(c3cccc(Br)c3)C2)n1. The van der Waals surface area contributed by atoms with Gasteiger partial charge in [-0.25, -0.2) is 4.98 Å². The molecule has 2 heterocycles. The number of anilines is 1. The first-order valence-corrected chi connectivity index (χ1v) is 7.57. The summed E-state index contributed by atoms with van der Waals surface area (Å²) < 4.78 is 7.00. The molecule has 0 aliphatic carbocycles. The molecule has 4 heteroatoms. The van der Waals surface area contributed by atoms with Crippen molar-refractivity contribution in [1.29, 1.82) is 0 Å². The van der Waals surface area contributed by atoms with E-state index in [1.807, 2.05) is 25.1 Å². The molecule has 1 aliphatic heterocycles. The highest BCUT2D eigenvalue weighted by Gasteiger charge is 2.23. The molecule has 0 bridgehead atoms. The average Bonchev–Trinajstić information content (AvgIpc) is 2.47. The Kier molecular flexibility index (Phi) is 4.03. The summed E-state index contributed by atoms with van der Waals surface area (Å²) in [4.78, 5) is 6.90. The Labute approximate surface area is 127 Å². The maximum absolute atomic E-state index is 5.91. The molecular formula is C16H17BrN2O. The monoisotopic (exact) mass is 332 g/mol. The molecule has 0 saturated carbocycles. The fraction of sp³-hybridized carbons (Fsp3) is 0.312. The number of aryl methyl sites for hydroxylation is 1. The van der Waals surface area contributed by atoms with Gasteiger partial charge in [0.2, 0.25) is 0 Å². The molecule has 3 nitrogen and oxygen atoms in total. The van der Waals surface area contributed by atoms with Crippen molar-refractivity contribution in [3.05, 3.63) is 58.2 Å². The first kappa shape index (κ1) is 13.6. The summed E-state index contributed by atoms with van der Waals surface area (Å²) in [5, 5.41) is 0. The molecule has 20 heavy (non-hydrogen) atoms. The highest BCUT2D eigenvalue weighted by atomic mass is 79.9. The van der Waals surface area contributed by atoms with Gasteiger partial charge < -0.3 is 9.64 Å². The zero-order valence-electron chi connectivity index (χ0n) is 11.4. The number of ether oxygens (including phenoxy) is 1. The second-order valence-corrected chi connectivity index (χ2v) is 5.91. The van der Waals surface area contributed by atoms with Crippen LogP contribution >= 0.6 is 15.9 Å². The summed E-state index contributed by atoms with van der Waals surface area (Å²) >= 11 is 3.52. The third-order valence-electron chi connectivity index (χ3n) is 3.48. The van der Waals surface area contributed by atoms with Crippen LogP contribution in [0.5, 0.6) is 0 Å². The number of hydrogen-bond acceptors (Lipinski definition) is 3. The van der Waals surface area contributed by atoms with Crippen LogP contribution in [-0.2, 0) is 4.74 Å². The van der Waals surface area contributed by atoms with Gasteiger partial charge in [-0.2, -0.15) is 0 Å². The second-order valence-electron chi connectivity index (χ2n) is 5.00. The zero-order valence-corrected chi connectivity index (χ0v) is 13.0. The summed E-state index contributed by atoms with van der Waals surface area (Å²) in [7, 11) is 0. The lowest BCUT2D eigenvalue weighted by Crippen LogP contribution is -2.38. The predicted octanol–water partition coefficient (Wildman–Crippen LogP) is 3.73. The maximum atomic E-state index is 5.91. The Hall–Kier alpha value is -1.39. The number of rotatable bonds is 2. The van der Waals surface area contributed by atoms with Crippen LogP contribution in [0, 0.1) is 6.92 Å². The minimum Gasteiger partial charge on any atom is -0.370 e. The van der Waals surface area contributed by atoms with Crippen molar-refractivity contribution in [3.8, 4) is 0 Å². The molecule has 0 radical (unpaired) electrons. The van der Waals surface area contributed by atoms with Crippen molar-refractivity contribution in [2.75, 3.05) is 24.6 Å². The van der Waals surface area contributed by atoms with E-state index in [1.54, 1.807) is 0 Å². The lowest BCUT2D eigenvalue weighted by Gasteiger charge is -2.34. The largest absolute Gasteiger partial charge is 0.370 e. The van der Waals surface area contributed by atoms with Crippen molar-refractivity contribution >= 4 is 21.7 Å². The van der Waals surface area contributed by atoms with E-state index in [4.69, 9.17) is 4.74 Å². The van der Waals surface area contributed by atoms with Gasteiger partial charge in [0.05, 0.1) is 6.61 Å². The molecule has 0 spiro atoms. The lowest BCUT2D eigenvalue weighted by atomic mass is 10.1. The van der Waals surface area contributed by atoms with Gasteiger partial charge in [0.15, 0.2) is 0 Å². The molecule has 1 aromatic carbocycles. The zero-order chi connectivity index (χ0) is 13.9. The van der Waals surface area contributed by atoms with Crippen molar-refractivity contribution in [3.63, 3.8) is 0 Å². The molecule has 1 fully saturated rings. The van der Waals surface area contributed by atoms with Gasteiger partial charge in [-0.05, 0) is 36.8 Å². The van der Waals surface area contributed by atoms with Crippen molar-refractivity contribution in [2.24, 2.45) is 0 Å². The molecular weight excluding hydrogens is 316 g/mol. The summed E-state index contributed by atoms with van der Waals surface area (Å²) in [6, 6.07) is 14.5. The summed E-state index contributed by atoms with van der Waals surface area (Å²) in [6.07, 6.45) is 0.101. The summed E-state index contributed by atoms with van der Waals surface area (Å²) in [5.41, 5.74) is 2.25. The van der Waals surface area contributed by atoms with E-state index >= 15 is 0 Å². The molecule has 1 aliphatic rings. The lowest BCUT2D eigenvalue weighted by molar-refractivity contribution is 0.0395. The molecule has 1 saturated heterocycles. The van der Waals surface area contributed by atoms with Crippen LogP contribution < -0.4 is 4.90 Å². The van der Waals surface area contributed by atoms with Crippen LogP contribution in [0.2, 0.25) is 0 Å². The van der Waals surface area contributed by atoms with Crippen molar-refractivity contribution < 1.29 is 4.74 Å². The van der Waals surface area contributed by atoms with E-state index < -0.39 is 0 Å². The smallest absolute Gasteiger partial charge is 0.128 e. The average molecular weight is 333 g/mol. The fourth-order valence-corrected chi connectivity index (χ4v) is 2.89. The maximum Gasteiger partial charge on any atom is 0.128 e. The Balaban J connectivity index is 1.80. The van der Waals surface area contributed by atoms with Crippen LogP contribution in [0.15, 0.2) is 46.9 Å². The van der Waals surface area contributed by atoms with Gasteiger partial charge in [-0.3, -0.25) is 0 Å². The van der Waals surface area contributed by atoms with E-state index in [1.165, 1.54) is 5.56 Å². The molecule has 0 amide bonds. The number of nitrogens with zero attached hydrogens (tertiary/aromatic N) is 2. The highest BCUT2D eigenvalue weighted by molar-refractivity contribution is 9.10. The molecule has 1 unspecified atom stereocenters. The van der Waals surface area contributed by atoms with E-state index in [-0.39, 0.29) is 6.10 Å². The van der Waals surface area contributed by atoms with Crippen LogP contribution in [0.3, 0.4) is 0 Å². The number of halogens is 1. The van der Waals surface area contributed by atoms with E-state index in [2.05, 4.69) is 50.1 Å². The number of aromatic nitrogens is 1. The van der Waals surface area contributed by atoms with Gasteiger partial charge in [-0.1, -0.05) is 34.1 Å². The van der Waals surface area contributed by atoms with Crippen LogP contribution in [0.4, 0.5) is 5.82 Å². The fourth-order valence-electron chi connectivity index (χ4n) is 2.47. The molecule has 2 aromatic rings. The summed E-state index contributed by atoms with van der Waals surface area (Å²) in [6.45, 7) is 4.48. The summed E-state index contributed by atoms with van der Waals surface area (Å²) in [5.74, 6) is 1.04. The molecule has 1 atom stereocenters. The van der Waals surface area contributed by atoms with Crippen LogP contribution in [-0.4, -0.2) is 24.7 Å². The first-order valence-electron chi connectivity index (χ1n) is 6.78. The minimum atomic E-state index is 0.101. The molecule has 104 valence electrons. The number of pyridine rings is 1. The van der Waals surface area contributed by atoms with Gasteiger partial charge in [0.1, 0.15) is 11.9 Å². The number of benzene rings is 1. The van der Waals surface area contributed by atoms with Crippen LogP contribution in [0.1, 0.15) is 17.4 Å². The second kappa shape index (κ2) is 5.94. The topological polar surface area (TPSA) is 25.4 Å². The molecule has 3 rings (SSSR count).